The van der Waals surface area contributed by atoms with Crippen molar-refractivity contribution >= 4 is 14.8 Å². The predicted molar refractivity (Wildman–Crippen MR) is 25.8 cm³/mol. The van der Waals surface area contributed by atoms with E-state index in [1.807, 2.05) is 0 Å². The van der Waals surface area contributed by atoms with E-state index in [-0.39, 0.29) is 18.9 Å². The summed E-state index contributed by atoms with van der Waals surface area (Å²) < 4.78 is 0. The third-order valence-electron chi connectivity index (χ3n) is 0.586. The second-order valence-electron chi connectivity index (χ2n) is 1.00. The minimum atomic E-state index is 0. The summed E-state index contributed by atoms with van der Waals surface area (Å²) in [5, 5.41) is 0. The molecule has 0 fully saturated rings. The van der Waals surface area contributed by atoms with Crippen LogP contribution in [-0.4, -0.2) is 14.8 Å². The van der Waals surface area contributed by atoms with Crippen molar-refractivity contribution in [3.63, 3.8) is 0 Å². The molecule has 0 unspecified atom stereocenters. The van der Waals surface area contributed by atoms with Crippen LogP contribution in [0.2, 0.25) is 6.04 Å². The second kappa shape index (κ2) is 3.61. The summed E-state index contributed by atoms with van der Waals surface area (Å²) in [4.78, 5) is 0. The molecule has 0 nitrogen and oxygen atoms in total. The first-order chi connectivity index (χ1) is 2.50. The summed E-state index contributed by atoms with van der Waals surface area (Å²) in [5.74, 6) is 0. The van der Waals surface area contributed by atoms with Gasteiger partial charge in [-0.05, 0) is 0 Å². The predicted octanol–water partition coefficient (Wildman–Crippen LogP) is -2.52. The molecule has 6 heavy (non-hydrogen) atoms. The molecular formula is C4H5LiSi. The zero-order chi connectivity index (χ0) is 3.54. The van der Waals surface area contributed by atoms with Crippen LogP contribution in [0.3, 0.4) is 0 Å². The molecule has 0 N–H and O–H groups in total. The van der Waals surface area contributed by atoms with Crippen LogP contribution < -0.4 is 18.9 Å². The van der Waals surface area contributed by atoms with E-state index in [4.69, 9.17) is 0 Å². The summed E-state index contributed by atoms with van der Waals surface area (Å²) in [7, 11) is 1.07. The molecule has 1 heterocycles. The molecule has 2 heteroatoms. The molecule has 26 valence electrons. The number of allylic oxidation sites excluding steroid dienone is 2. The fourth-order valence-corrected chi connectivity index (χ4v) is 1.02. The van der Waals surface area contributed by atoms with Crippen molar-refractivity contribution in [3.05, 3.63) is 12.2 Å². The Balaban J connectivity index is 0.000000250. The SMILES string of the molecule is C1=CC[Si-]=C1.[Li+]. The second-order valence-corrected chi connectivity index (χ2v) is 2.15. The Kier molecular flexibility index (Phi) is 3.86. The fraction of sp³-hybridized carbons (Fsp3) is 0.250. The molecule has 0 radical (unpaired) electrons. The molecule has 0 amide bonds. The van der Waals surface area contributed by atoms with Crippen LogP contribution in [-0.2, 0) is 0 Å². The van der Waals surface area contributed by atoms with Gasteiger partial charge in [-0.3, -0.25) is 5.67 Å². The van der Waals surface area contributed by atoms with Crippen molar-refractivity contribution in [2.24, 2.45) is 0 Å². The molecule has 1 aliphatic heterocycles. The summed E-state index contributed by atoms with van der Waals surface area (Å²) in [6.45, 7) is 0. The van der Waals surface area contributed by atoms with Crippen LogP contribution in [0, 0.1) is 0 Å². The Morgan fingerprint density at radius 3 is 2.50 bits per heavy atom. The molecule has 0 aromatic rings. The van der Waals surface area contributed by atoms with Gasteiger partial charge in [-0.15, -0.1) is 12.2 Å². The normalized spacial score (nSPS) is 14.7. The van der Waals surface area contributed by atoms with E-state index in [1.165, 1.54) is 6.04 Å². The van der Waals surface area contributed by atoms with Gasteiger partial charge in [0.2, 0.25) is 0 Å². The van der Waals surface area contributed by atoms with Crippen LogP contribution >= 0.6 is 0 Å². The Morgan fingerprint density at radius 2 is 2.33 bits per heavy atom. The molecule has 1 rings (SSSR count). The van der Waals surface area contributed by atoms with Gasteiger partial charge in [0.05, 0.1) is 0 Å². The molecular weight excluding hydrogens is 83.1 g/mol. The maximum Gasteiger partial charge on any atom is 1.00 e. The van der Waals surface area contributed by atoms with Crippen LogP contribution in [0.4, 0.5) is 0 Å². The van der Waals surface area contributed by atoms with Gasteiger partial charge >= 0.3 is 18.9 Å². The van der Waals surface area contributed by atoms with E-state index >= 15 is 0 Å². The quantitative estimate of drug-likeness (QED) is 0.287. The van der Waals surface area contributed by atoms with Crippen molar-refractivity contribution in [2.45, 2.75) is 6.04 Å². The van der Waals surface area contributed by atoms with Crippen molar-refractivity contribution in [3.8, 4) is 0 Å². The molecule has 0 saturated carbocycles. The van der Waals surface area contributed by atoms with Gasteiger partial charge in [0.15, 0.2) is 0 Å². The number of hydrogen-bond acceptors (Lipinski definition) is 0. The van der Waals surface area contributed by atoms with Gasteiger partial charge < -0.3 is 9.13 Å². The third-order valence-corrected chi connectivity index (χ3v) is 1.49. The Morgan fingerprint density at radius 1 is 1.50 bits per heavy atom. The van der Waals surface area contributed by atoms with Gasteiger partial charge in [-0.25, -0.2) is 0 Å². The zero-order valence-electron chi connectivity index (χ0n) is 3.94. The van der Waals surface area contributed by atoms with Crippen molar-refractivity contribution in [2.75, 3.05) is 0 Å². The first kappa shape index (κ1) is 6.42. The smallest absolute Gasteiger partial charge is 0.439 e. The summed E-state index contributed by atoms with van der Waals surface area (Å²) in [5.41, 5.74) is 2.21. The topological polar surface area (TPSA) is 0 Å². The van der Waals surface area contributed by atoms with Crippen LogP contribution in [0.5, 0.6) is 0 Å². The third kappa shape index (κ3) is 1.76. The molecule has 0 atom stereocenters. The number of rotatable bonds is 0. The Labute approximate surface area is 52.3 Å². The average molecular weight is 88.1 g/mol. The van der Waals surface area contributed by atoms with Gasteiger partial charge in [-0.1, -0.05) is 0 Å². The standard InChI is InChI=1S/C4H5Si.Li/c1-2-4-5-3-1;/h1-3H,4H2;/q-1;+1. The van der Waals surface area contributed by atoms with Gasteiger partial charge in [0.25, 0.3) is 0 Å². The Bertz CT molecular complexity index is 65.6. The van der Waals surface area contributed by atoms with Crippen molar-refractivity contribution in [1.29, 1.82) is 0 Å². The number of hydrogen-bond donors (Lipinski definition) is 0. The van der Waals surface area contributed by atoms with Crippen LogP contribution in [0.25, 0.3) is 0 Å². The molecule has 0 bridgehead atoms. The van der Waals surface area contributed by atoms with Crippen molar-refractivity contribution < 1.29 is 18.9 Å². The average Bonchev–Trinajstić information content (AvgIpc) is 1.76. The summed E-state index contributed by atoms with van der Waals surface area (Å²) >= 11 is 0. The van der Waals surface area contributed by atoms with E-state index in [0.717, 1.165) is 9.13 Å². The maximum atomic E-state index is 2.21. The molecule has 0 saturated heterocycles. The van der Waals surface area contributed by atoms with Gasteiger partial charge in [-0.2, -0.15) is 6.04 Å². The molecule has 0 aliphatic carbocycles. The van der Waals surface area contributed by atoms with E-state index in [2.05, 4.69) is 17.8 Å². The van der Waals surface area contributed by atoms with E-state index < -0.39 is 0 Å². The van der Waals surface area contributed by atoms with Crippen molar-refractivity contribution in [1.82, 2.24) is 0 Å². The Hall–Kier alpha value is 0.424. The first-order valence-corrected chi connectivity index (χ1v) is 3.00. The largest absolute Gasteiger partial charge is 1.00 e. The fourth-order valence-electron chi connectivity index (χ4n) is 0.340. The molecule has 0 aromatic heterocycles. The minimum Gasteiger partial charge on any atom is -0.439 e. The first-order valence-electron chi connectivity index (χ1n) is 1.72. The van der Waals surface area contributed by atoms with E-state index in [9.17, 15) is 0 Å². The van der Waals surface area contributed by atoms with Gasteiger partial charge in [0, 0.05) is 0 Å². The van der Waals surface area contributed by atoms with Crippen LogP contribution in [0.1, 0.15) is 0 Å². The summed E-state index contributed by atoms with van der Waals surface area (Å²) in [6, 6.07) is 1.29. The van der Waals surface area contributed by atoms with Gasteiger partial charge in [0.1, 0.15) is 0 Å². The monoisotopic (exact) mass is 88.0 g/mol. The molecule has 1 aliphatic rings. The van der Waals surface area contributed by atoms with E-state index in [0.29, 0.717) is 0 Å². The maximum absolute atomic E-state index is 2.21. The minimum absolute atomic E-state index is 0. The van der Waals surface area contributed by atoms with E-state index in [1.54, 1.807) is 0 Å². The molecule has 0 aromatic carbocycles. The van der Waals surface area contributed by atoms with Crippen LogP contribution in [0.15, 0.2) is 12.2 Å². The molecule has 0 spiro atoms. The zero-order valence-corrected chi connectivity index (χ0v) is 4.94. The summed E-state index contributed by atoms with van der Waals surface area (Å²) in [6.07, 6.45) is 4.32.